The SMILES string of the molecule is Nc1ccc(N2CCCN(C(=O)O)CC2)cc1N. The van der Waals surface area contributed by atoms with Crippen LogP contribution < -0.4 is 16.4 Å². The van der Waals surface area contributed by atoms with Crippen molar-refractivity contribution in [2.75, 3.05) is 42.5 Å². The van der Waals surface area contributed by atoms with E-state index in [9.17, 15) is 4.79 Å². The first-order valence-corrected chi connectivity index (χ1v) is 5.96. The van der Waals surface area contributed by atoms with Gasteiger partial charge in [-0.1, -0.05) is 0 Å². The van der Waals surface area contributed by atoms with Gasteiger partial charge in [-0.3, -0.25) is 0 Å². The molecular weight excluding hydrogens is 232 g/mol. The zero-order chi connectivity index (χ0) is 13.1. The van der Waals surface area contributed by atoms with Crippen LogP contribution in [0.5, 0.6) is 0 Å². The van der Waals surface area contributed by atoms with Crippen LogP contribution in [-0.4, -0.2) is 42.3 Å². The number of hydrogen-bond acceptors (Lipinski definition) is 4. The Balaban J connectivity index is 2.09. The minimum atomic E-state index is -0.853. The van der Waals surface area contributed by atoms with Crippen molar-refractivity contribution in [2.24, 2.45) is 0 Å². The Kier molecular flexibility index (Phi) is 3.45. The van der Waals surface area contributed by atoms with Crippen molar-refractivity contribution in [1.29, 1.82) is 0 Å². The predicted octanol–water partition coefficient (Wildman–Crippen LogP) is 1.04. The van der Waals surface area contributed by atoms with Gasteiger partial charge in [0.15, 0.2) is 0 Å². The average Bonchev–Trinajstić information content (AvgIpc) is 2.58. The van der Waals surface area contributed by atoms with Crippen molar-refractivity contribution < 1.29 is 9.90 Å². The van der Waals surface area contributed by atoms with E-state index < -0.39 is 6.09 Å². The first kappa shape index (κ1) is 12.3. The van der Waals surface area contributed by atoms with Crippen LogP contribution in [0.3, 0.4) is 0 Å². The van der Waals surface area contributed by atoms with E-state index in [4.69, 9.17) is 16.6 Å². The van der Waals surface area contributed by atoms with Crippen LogP contribution >= 0.6 is 0 Å². The summed E-state index contributed by atoms with van der Waals surface area (Å²) in [6.07, 6.45) is -0.0370. The number of benzene rings is 1. The summed E-state index contributed by atoms with van der Waals surface area (Å²) in [6, 6.07) is 5.54. The summed E-state index contributed by atoms with van der Waals surface area (Å²) in [7, 11) is 0. The Morgan fingerprint density at radius 3 is 2.56 bits per heavy atom. The van der Waals surface area contributed by atoms with Crippen molar-refractivity contribution in [3.8, 4) is 0 Å². The molecule has 0 unspecified atom stereocenters. The minimum absolute atomic E-state index is 0.514. The van der Waals surface area contributed by atoms with E-state index in [1.165, 1.54) is 4.90 Å². The van der Waals surface area contributed by atoms with Gasteiger partial charge in [0.25, 0.3) is 0 Å². The smallest absolute Gasteiger partial charge is 0.407 e. The molecule has 18 heavy (non-hydrogen) atoms. The Labute approximate surface area is 106 Å². The molecule has 1 aromatic carbocycles. The number of amides is 1. The van der Waals surface area contributed by atoms with Gasteiger partial charge in [-0.05, 0) is 24.6 Å². The molecule has 98 valence electrons. The molecular formula is C12H18N4O2. The van der Waals surface area contributed by atoms with Crippen LogP contribution in [0.25, 0.3) is 0 Å². The molecule has 0 aliphatic carbocycles. The first-order chi connectivity index (χ1) is 8.58. The summed E-state index contributed by atoms with van der Waals surface area (Å²) in [5.41, 5.74) is 13.6. The Hall–Kier alpha value is -2.11. The van der Waals surface area contributed by atoms with Gasteiger partial charge in [-0.2, -0.15) is 0 Å². The van der Waals surface area contributed by atoms with E-state index in [1.54, 1.807) is 6.07 Å². The lowest BCUT2D eigenvalue weighted by molar-refractivity contribution is 0.148. The lowest BCUT2D eigenvalue weighted by Gasteiger charge is -2.23. The van der Waals surface area contributed by atoms with Crippen LogP contribution in [0.2, 0.25) is 0 Å². The van der Waals surface area contributed by atoms with Crippen molar-refractivity contribution in [3.05, 3.63) is 18.2 Å². The average molecular weight is 250 g/mol. The van der Waals surface area contributed by atoms with Crippen molar-refractivity contribution in [2.45, 2.75) is 6.42 Å². The second-order valence-electron chi connectivity index (χ2n) is 4.42. The van der Waals surface area contributed by atoms with Crippen molar-refractivity contribution >= 4 is 23.2 Å². The van der Waals surface area contributed by atoms with Crippen LogP contribution in [0.15, 0.2) is 18.2 Å². The van der Waals surface area contributed by atoms with Crippen LogP contribution in [0.1, 0.15) is 6.42 Å². The van der Waals surface area contributed by atoms with E-state index in [2.05, 4.69) is 4.90 Å². The summed E-state index contributed by atoms with van der Waals surface area (Å²) < 4.78 is 0. The largest absolute Gasteiger partial charge is 0.465 e. The molecule has 0 radical (unpaired) electrons. The molecule has 0 bridgehead atoms. The van der Waals surface area contributed by atoms with Crippen LogP contribution in [0, 0.1) is 0 Å². The molecule has 1 fully saturated rings. The fraction of sp³-hybridized carbons (Fsp3) is 0.417. The molecule has 0 spiro atoms. The third-order valence-electron chi connectivity index (χ3n) is 3.20. The van der Waals surface area contributed by atoms with Crippen LogP contribution in [0.4, 0.5) is 21.9 Å². The Morgan fingerprint density at radius 1 is 1.11 bits per heavy atom. The molecule has 6 nitrogen and oxygen atoms in total. The lowest BCUT2D eigenvalue weighted by atomic mass is 10.2. The predicted molar refractivity (Wildman–Crippen MR) is 71.7 cm³/mol. The highest BCUT2D eigenvalue weighted by atomic mass is 16.4. The first-order valence-electron chi connectivity index (χ1n) is 5.96. The Bertz CT molecular complexity index is 450. The molecule has 1 heterocycles. The highest BCUT2D eigenvalue weighted by Gasteiger charge is 2.18. The van der Waals surface area contributed by atoms with Gasteiger partial charge in [0.2, 0.25) is 0 Å². The number of rotatable bonds is 1. The van der Waals surface area contributed by atoms with Crippen molar-refractivity contribution in [1.82, 2.24) is 4.90 Å². The molecule has 1 amide bonds. The van der Waals surface area contributed by atoms with E-state index in [-0.39, 0.29) is 0 Å². The maximum Gasteiger partial charge on any atom is 0.407 e. The van der Waals surface area contributed by atoms with Gasteiger partial charge in [-0.25, -0.2) is 4.79 Å². The summed E-state index contributed by atoms with van der Waals surface area (Å²) >= 11 is 0. The third kappa shape index (κ3) is 2.58. The lowest BCUT2D eigenvalue weighted by Crippen LogP contribution is -2.34. The molecule has 1 aliphatic rings. The molecule has 2 rings (SSSR count). The number of nitrogens with zero attached hydrogens (tertiary/aromatic N) is 2. The number of nitrogen functional groups attached to an aromatic ring is 2. The van der Waals surface area contributed by atoms with Gasteiger partial charge >= 0.3 is 6.09 Å². The van der Waals surface area contributed by atoms with Crippen molar-refractivity contribution in [3.63, 3.8) is 0 Å². The maximum atomic E-state index is 10.9. The van der Waals surface area contributed by atoms with Gasteiger partial charge in [0.1, 0.15) is 0 Å². The van der Waals surface area contributed by atoms with E-state index in [1.807, 2.05) is 12.1 Å². The van der Waals surface area contributed by atoms with Gasteiger partial charge in [0.05, 0.1) is 11.4 Å². The standard InChI is InChI=1S/C12H18N4O2/c13-10-3-2-9(8-11(10)14)15-4-1-5-16(7-6-15)12(17)18/h2-3,8H,1,4-7,13-14H2,(H,17,18). The zero-order valence-electron chi connectivity index (χ0n) is 10.2. The number of nitrogens with two attached hydrogens (primary N) is 2. The molecule has 1 aliphatic heterocycles. The molecule has 6 heteroatoms. The van der Waals surface area contributed by atoms with Gasteiger partial charge in [0, 0.05) is 31.9 Å². The van der Waals surface area contributed by atoms with Crippen LogP contribution in [-0.2, 0) is 0 Å². The normalized spacial score (nSPS) is 16.4. The monoisotopic (exact) mass is 250 g/mol. The quantitative estimate of drug-likeness (QED) is 0.647. The summed E-state index contributed by atoms with van der Waals surface area (Å²) in [6.45, 7) is 2.60. The summed E-state index contributed by atoms with van der Waals surface area (Å²) in [5, 5.41) is 8.97. The zero-order valence-corrected chi connectivity index (χ0v) is 10.2. The second kappa shape index (κ2) is 5.03. The number of hydrogen-bond donors (Lipinski definition) is 3. The van der Waals surface area contributed by atoms with E-state index >= 15 is 0 Å². The Morgan fingerprint density at radius 2 is 1.89 bits per heavy atom. The van der Waals surface area contributed by atoms with Gasteiger partial charge in [-0.15, -0.1) is 0 Å². The molecule has 0 aromatic heterocycles. The third-order valence-corrected chi connectivity index (χ3v) is 3.20. The molecule has 0 atom stereocenters. The van der Waals surface area contributed by atoms with E-state index in [0.717, 1.165) is 18.7 Å². The summed E-state index contributed by atoms with van der Waals surface area (Å²) in [4.78, 5) is 14.5. The topological polar surface area (TPSA) is 95.8 Å². The highest BCUT2D eigenvalue weighted by molar-refractivity contribution is 5.70. The fourth-order valence-electron chi connectivity index (χ4n) is 2.13. The number of carbonyl (C=O) groups is 1. The molecule has 1 saturated heterocycles. The molecule has 0 saturated carbocycles. The molecule has 1 aromatic rings. The summed E-state index contributed by atoms with van der Waals surface area (Å²) in [5.74, 6) is 0. The number of anilines is 3. The fourth-order valence-corrected chi connectivity index (χ4v) is 2.13. The molecule has 5 N–H and O–H groups in total. The maximum absolute atomic E-state index is 10.9. The van der Waals surface area contributed by atoms with E-state index in [0.29, 0.717) is 31.0 Å². The highest BCUT2D eigenvalue weighted by Crippen LogP contribution is 2.23. The second-order valence-corrected chi connectivity index (χ2v) is 4.42. The van der Waals surface area contributed by atoms with Gasteiger partial charge < -0.3 is 26.4 Å². The number of carboxylic acid groups (broad SMARTS) is 1. The minimum Gasteiger partial charge on any atom is -0.465 e.